The Morgan fingerprint density at radius 1 is 0.632 bits per heavy atom. The molecule has 0 aliphatic carbocycles. The van der Waals surface area contributed by atoms with Gasteiger partial charge in [0.15, 0.2) is 0 Å². The van der Waals surface area contributed by atoms with Crippen LogP contribution >= 0.6 is 46.8 Å². The van der Waals surface area contributed by atoms with Crippen LogP contribution in [0.3, 0.4) is 0 Å². The Hall–Kier alpha value is 0.250. The topological polar surface area (TPSA) is 0 Å². The second-order valence-corrected chi connectivity index (χ2v) is 19.8. The lowest BCUT2D eigenvalue weighted by Gasteiger charge is -2.28. The molecule has 0 saturated carbocycles. The van der Waals surface area contributed by atoms with Crippen molar-refractivity contribution in [2.75, 3.05) is 0 Å². The van der Waals surface area contributed by atoms with Gasteiger partial charge in [-0.2, -0.15) is 0 Å². The maximum absolute atomic E-state index is 2.63. The van der Waals surface area contributed by atoms with Gasteiger partial charge in [-0.25, -0.2) is 0 Å². The van der Waals surface area contributed by atoms with Gasteiger partial charge in [0.1, 0.15) is 0 Å². The standard InChI is InChI=1S/C16H18I2S/c1-11-5-7-15(9-13(11)3)19(17,18)16-8-6-12(2)14(4)10-16/h5-10H,1-4H3. The van der Waals surface area contributed by atoms with Crippen LogP contribution in [-0.4, -0.2) is 0 Å². The van der Waals surface area contributed by atoms with Crippen molar-refractivity contribution in [3.8, 4) is 0 Å². The summed E-state index contributed by atoms with van der Waals surface area (Å²) < 4.78 is -0.978. The summed E-state index contributed by atoms with van der Waals surface area (Å²) in [6.07, 6.45) is 0. The number of aryl methyl sites for hydroxylation is 4. The monoisotopic (exact) mass is 496 g/mol. The minimum Gasteiger partial charge on any atom is -0.0780 e. The van der Waals surface area contributed by atoms with Crippen molar-refractivity contribution in [3.05, 3.63) is 58.7 Å². The van der Waals surface area contributed by atoms with E-state index in [4.69, 9.17) is 0 Å². The molecule has 0 bridgehead atoms. The Morgan fingerprint density at radius 3 is 1.32 bits per heavy atom. The number of rotatable bonds is 2. The van der Waals surface area contributed by atoms with Crippen LogP contribution in [0.1, 0.15) is 22.3 Å². The minimum absolute atomic E-state index is 0.978. The number of benzene rings is 2. The molecule has 0 spiro atoms. The van der Waals surface area contributed by atoms with Crippen LogP contribution in [0, 0.1) is 27.7 Å². The third-order valence-electron chi connectivity index (χ3n) is 3.55. The maximum atomic E-state index is 2.63. The lowest BCUT2D eigenvalue weighted by Crippen LogP contribution is -1.91. The number of hydrogen-bond acceptors (Lipinski definition) is 0. The van der Waals surface area contributed by atoms with Crippen molar-refractivity contribution in [3.63, 3.8) is 0 Å². The SMILES string of the molecule is Cc1ccc(S(I)(I)c2ccc(C)c(C)c2)cc1C. The summed E-state index contributed by atoms with van der Waals surface area (Å²) in [5, 5.41) is 0. The van der Waals surface area contributed by atoms with Crippen LogP contribution in [0.15, 0.2) is 46.2 Å². The first kappa shape index (κ1) is 15.6. The molecule has 19 heavy (non-hydrogen) atoms. The summed E-state index contributed by atoms with van der Waals surface area (Å²) in [5.74, 6) is 0. The lowest BCUT2D eigenvalue weighted by atomic mass is 10.1. The van der Waals surface area contributed by atoms with Crippen molar-refractivity contribution in [2.24, 2.45) is 0 Å². The fourth-order valence-electron chi connectivity index (χ4n) is 1.88. The highest BCUT2D eigenvalue weighted by Crippen LogP contribution is 2.75. The Labute approximate surface area is 141 Å². The summed E-state index contributed by atoms with van der Waals surface area (Å²) in [4.78, 5) is 2.89. The van der Waals surface area contributed by atoms with E-state index in [1.165, 1.54) is 32.0 Å². The second kappa shape index (κ2) is 5.93. The molecule has 0 radical (unpaired) electrons. The third-order valence-corrected chi connectivity index (χ3v) is 11.3. The molecule has 0 N–H and O–H groups in total. The summed E-state index contributed by atoms with van der Waals surface area (Å²) in [6.45, 7) is 8.74. The maximum Gasteiger partial charge on any atom is 0.0121 e. The fraction of sp³-hybridized carbons (Fsp3) is 0.250. The van der Waals surface area contributed by atoms with Gasteiger partial charge in [-0.05, 0) is 117 Å². The molecule has 0 aliphatic rings. The van der Waals surface area contributed by atoms with Gasteiger partial charge in [0.05, 0.1) is 0 Å². The van der Waals surface area contributed by atoms with Gasteiger partial charge in [-0.1, -0.05) is 16.5 Å². The zero-order chi connectivity index (χ0) is 14.2. The smallest absolute Gasteiger partial charge is 0.0121 e. The van der Waals surface area contributed by atoms with E-state index in [0.717, 1.165) is 0 Å². The average Bonchev–Trinajstić information content (AvgIpc) is 2.35. The molecule has 2 aromatic rings. The fourth-order valence-corrected chi connectivity index (χ4v) is 6.57. The van der Waals surface area contributed by atoms with Crippen LogP contribution in [0.5, 0.6) is 0 Å². The van der Waals surface area contributed by atoms with Gasteiger partial charge < -0.3 is 0 Å². The van der Waals surface area contributed by atoms with Gasteiger partial charge in [0.2, 0.25) is 0 Å². The van der Waals surface area contributed by atoms with Gasteiger partial charge in [-0.15, -0.1) is 0 Å². The van der Waals surface area contributed by atoms with Crippen LogP contribution in [0.25, 0.3) is 0 Å². The van der Waals surface area contributed by atoms with Gasteiger partial charge in [-0.3, -0.25) is 0 Å². The van der Waals surface area contributed by atoms with Crippen molar-refractivity contribution in [1.82, 2.24) is 0 Å². The third kappa shape index (κ3) is 3.29. The Kier molecular flexibility index (Phi) is 4.88. The molecule has 0 amide bonds. The highest BCUT2D eigenvalue weighted by molar-refractivity contribution is 14.3. The molecule has 0 nitrogen and oxygen atoms in total. The molecular formula is C16H18I2S. The highest BCUT2D eigenvalue weighted by Gasteiger charge is 2.22. The largest absolute Gasteiger partial charge is 0.0780 e. The predicted molar refractivity (Wildman–Crippen MR) is 104 cm³/mol. The molecule has 2 aromatic carbocycles. The van der Waals surface area contributed by atoms with E-state index in [1.807, 2.05) is 0 Å². The van der Waals surface area contributed by atoms with Crippen molar-refractivity contribution in [2.45, 2.75) is 37.5 Å². The van der Waals surface area contributed by atoms with Crippen molar-refractivity contribution >= 4 is 46.8 Å². The van der Waals surface area contributed by atoms with Crippen LogP contribution in [-0.2, 0) is 0 Å². The molecular weight excluding hydrogens is 478 g/mol. The number of hydrogen-bond donors (Lipinski definition) is 0. The Morgan fingerprint density at radius 2 is 1.00 bits per heavy atom. The molecule has 0 aromatic heterocycles. The van der Waals surface area contributed by atoms with Gasteiger partial charge >= 0.3 is 0 Å². The van der Waals surface area contributed by atoms with E-state index < -0.39 is 4.37 Å². The van der Waals surface area contributed by atoms with Crippen LogP contribution in [0.4, 0.5) is 0 Å². The molecule has 0 heterocycles. The van der Waals surface area contributed by atoms with Crippen molar-refractivity contribution < 1.29 is 0 Å². The highest BCUT2D eigenvalue weighted by atomic mass is 127. The van der Waals surface area contributed by atoms with E-state index >= 15 is 0 Å². The molecule has 0 atom stereocenters. The summed E-state index contributed by atoms with van der Waals surface area (Å²) in [7, 11) is 0. The molecule has 0 unspecified atom stereocenters. The molecule has 102 valence electrons. The van der Waals surface area contributed by atoms with Crippen molar-refractivity contribution in [1.29, 1.82) is 0 Å². The Balaban J connectivity index is 2.51. The molecule has 0 saturated heterocycles. The Bertz CT molecular complexity index is 565. The zero-order valence-electron chi connectivity index (χ0n) is 11.6. The van der Waals surface area contributed by atoms with Crippen LogP contribution in [0.2, 0.25) is 0 Å². The normalized spacial score (nSPS) is 12.5. The first-order chi connectivity index (χ1) is 8.82. The predicted octanol–water partition coefficient (Wildman–Crippen LogP) is 6.84. The zero-order valence-corrected chi connectivity index (χ0v) is 16.8. The van der Waals surface area contributed by atoms with E-state index in [1.54, 1.807) is 0 Å². The number of halogens is 2. The van der Waals surface area contributed by atoms with E-state index in [9.17, 15) is 0 Å². The second-order valence-electron chi connectivity index (χ2n) is 4.96. The molecule has 0 aliphatic heterocycles. The summed E-state index contributed by atoms with van der Waals surface area (Å²) in [6, 6.07) is 13.7. The lowest BCUT2D eigenvalue weighted by molar-refractivity contribution is 1.25. The molecule has 2 rings (SSSR count). The first-order valence-corrected chi connectivity index (χ1v) is 12.9. The van der Waals surface area contributed by atoms with E-state index in [-0.39, 0.29) is 0 Å². The van der Waals surface area contributed by atoms with Gasteiger partial charge in [0.25, 0.3) is 0 Å². The van der Waals surface area contributed by atoms with Gasteiger partial charge in [0, 0.05) is 9.79 Å². The van der Waals surface area contributed by atoms with E-state index in [0.29, 0.717) is 0 Å². The average molecular weight is 496 g/mol. The van der Waals surface area contributed by atoms with Crippen LogP contribution < -0.4 is 0 Å². The molecule has 0 fully saturated rings. The quantitative estimate of drug-likeness (QED) is 0.400. The summed E-state index contributed by atoms with van der Waals surface area (Å²) >= 11 is 5.27. The minimum atomic E-state index is -0.978. The first-order valence-electron chi connectivity index (χ1n) is 6.19. The van der Waals surface area contributed by atoms with E-state index in [2.05, 4.69) is 107 Å². The summed E-state index contributed by atoms with van der Waals surface area (Å²) in [5.41, 5.74) is 5.50. The molecule has 3 heteroatoms.